The quantitative estimate of drug-likeness (QED) is 0.176. The maximum atomic E-state index is 14.9. The zero-order valence-electron chi connectivity index (χ0n) is 25.7. The number of amides is 2. The zero-order chi connectivity index (χ0) is 32.1. The number of aryl methyl sites for hydroxylation is 1. The average Bonchev–Trinajstić information content (AvgIpc) is 3.41. The molecule has 234 valence electrons. The molecule has 4 aromatic rings. The monoisotopic (exact) mass is 614 g/mol. The van der Waals surface area contributed by atoms with E-state index in [2.05, 4.69) is 25.9 Å². The Morgan fingerprint density at radius 2 is 1.78 bits per heavy atom. The first kappa shape index (κ1) is 31.2. The molecular formula is C33H35FN6O5. The molecule has 1 aromatic heterocycles. The van der Waals surface area contributed by atoms with Crippen molar-refractivity contribution >= 4 is 45.6 Å². The number of anilines is 4. The van der Waals surface area contributed by atoms with E-state index in [0.29, 0.717) is 51.1 Å². The minimum Gasteiger partial charge on any atom is -0.494 e. The summed E-state index contributed by atoms with van der Waals surface area (Å²) in [7, 11) is 4.91. The number of aromatic nitrogens is 2. The van der Waals surface area contributed by atoms with Crippen LogP contribution in [-0.2, 0) is 9.59 Å². The third-order valence-corrected chi connectivity index (χ3v) is 7.47. The Hall–Kier alpha value is -5.23. The summed E-state index contributed by atoms with van der Waals surface area (Å²) in [5.41, 5.74) is 2.83. The standard InChI is InChI=1S/C33H35FN6O5/c1-19-12-27(31(44-5)17-29(19)45-23-10-6-8-21(13-23)37-20(2)41)38-32-24-15-28(30(43-4)16-26(24)35-18-36-32)39-33(42)25(34)14-22-9-7-11-40(22)3/h6,8,10,12-18,22H,7,9,11H2,1-5H3,(H,37,41)(H,39,42)(H,35,36,38). The number of hydrogen-bond acceptors (Lipinski definition) is 9. The van der Waals surface area contributed by atoms with E-state index in [1.807, 2.05) is 24.9 Å². The van der Waals surface area contributed by atoms with Crippen LogP contribution in [0.3, 0.4) is 0 Å². The number of ether oxygens (including phenoxy) is 3. The van der Waals surface area contributed by atoms with Crippen LogP contribution in [0.25, 0.3) is 10.9 Å². The molecule has 45 heavy (non-hydrogen) atoms. The lowest BCUT2D eigenvalue weighted by atomic mass is 10.1. The van der Waals surface area contributed by atoms with Gasteiger partial charge in [0.05, 0.1) is 31.1 Å². The van der Waals surface area contributed by atoms with Crippen molar-refractivity contribution in [1.82, 2.24) is 14.9 Å². The third kappa shape index (κ3) is 7.29. The summed E-state index contributed by atoms with van der Waals surface area (Å²) >= 11 is 0. The molecule has 2 heterocycles. The Kier molecular flexibility index (Phi) is 9.43. The first-order chi connectivity index (χ1) is 21.6. The second-order valence-electron chi connectivity index (χ2n) is 10.7. The molecule has 3 N–H and O–H groups in total. The lowest BCUT2D eigenvalue weighted by molar-refractivity contribution is -0.115. The lowest BCUT2D eigenvalue weighted by Crippen LogP contribution is -2.24. The second-order valence-corrected chi connectivity index (χ2v) is 10.7. The molecule has 12 heteroatoms. The van der Waals surface area contributed by atoms with Crippen LogP contribution in [0.2, 0.25) is 0 Å². The Balaban J connectivity index is 1.42. The number of likely N-dealkylation sites (tertiary alicyclic amines) is 1. The van der Waals surface area contributed by atoms with Gasteiger partial charge in [-0.15, -0.1) is 0 Å². The van der Waals surface area contributed by atoms with Crippen LogP contribution in [0.4, 0.5) is 27.3 Å². The molecule has 2 amide bonds. The van der Waals surface area contributed by atoms with Gasteiger partial charge in [-0.1, -0.05) is 6.07 Å². The van der Waals surface area contributed by atoms with Crippen LogP contribution in [0.5, 0.6) is 23.0 Å². The predicted molar refractivity (Wildman–Crippen MR) is 171 cm³/mol. The van der Waals surface area contributed by atoms with E-state index >= 15 is 0 Å². The maximum Gasteiger partial charge on any atom is 0.284 e. The minimum absolute atomic E-state index is 0.123. The molecule has 11 nitrogen and oxygen atoms in total. The van der Waals surface area contributed by atoms with E-state index in [-0.39, 0.29) is 17.6 Å². The fourth-order valence-corrected chi connectivity index (χ4v) is 5.16. The summed E-state index contributed by atoms with van der Waals surface area (Å²) < 4.78 is 32.2. The number of benzene rings is 3. The minimum atomic E-state index is -0.866. The van der Waals surface area contributed by atoms with Gasteiger partial charge in [0.15, 0.2) is 5.83 Å². The molecule has 1 aliphatic rings. The number of carbonyl (C=O) groups excluding carboxylic acids is 2. The number of likely N-dealkylation sites (N-methyl/N-ethyl adjacent to an activating group) is 1. The van der Waals surface area contributed by atoms with Crippen LogP contribution >= 0.6 is 0 Å². The summed E-state index contributed by atoms with van der Waals surface area (Å²) in [6, 6.07) is 13.8. The summed E-state index contributed by atoms with van der Waals surface area (Å²) in [6.07, 6.45) is 4.51. The molecule has 0 aliphatic carbocycles. The van der Waals surface area contributed by atoms with Crippen molar-refractivity contribution in [1.29, 1.82) is 0 Å². The van der Waals surface area contributed by atoms with Crippen LogP contribution in [0, 0.1) is 6.92 Å². The number of nitrogens with one attached hydrogen (secondary N) is 3. The highest BCUT2D eigenvalue weighted by molar-refractivity contribution is 6.05. The Bertz CT molecular complexity index is 1780. The maximum absolute atomic E-state index is 14.9. The van der Waals surface area contributed by atoms with Gasteiger partial charge in [-0.05, 0) is 69.3 Å². The smallest absolute Gasteiger partial charge is 0.284 e. The largest absolute Gasteiger partial charge is 0.494 e. The highest BCUT2D eigenvalue weighted by Gasteiger charge is 2.22. The molecule has 1 unspecified atom stereocenters. The molecule has 1 atom stereocenters. The number of rotatable bonds is 10. The molecular weight excluding hydrogens is 579 g/mol. The van der Waals surface area contributed by atoms with Gasteiger partial charge in [-0.3, -0.25) is 14.5 Å². The van der Waals surface area contributed by atoms with E-state index in [1.54, 1.807) is 49.6 Å². The van der Waals surface area contributed by atoms with Crippen molar-refractivity contribution < 1.29 is 28.2 Å². The van der Waals surface area contributed by atoms with E-state index in [4.69, 9.17) is 14.2 Å². The number of halogens is 1. The van der Waals surface area contributed by atoms with Gasteiger partial charge in [-0.2, -0.15) is 0 Å². The van der Waals surface area contributed by atoms with Gasteiger partial charge >= 0.3 is 0 Å². The second kappa shape index (κ2) is 13.6. The SMILES string of the molecule is COc1cc2ncnc(Nc3cc(C)c(Oc4cccc(NC(C)=O)c4)cc3OC)c2cc1NC(=O)C(F)=CC1CCCN1C. The highest BCUT2D eigenvalue weighted by atomic mass is 19.1. The zero-order valence-corrected chi connectivity index (χ0v) is 25.7. The van der Waals surface area contributed by atoms with Gasteiger partial charge < -0.3 is 30.2 Å². The summed E-state index contributed by atoms with van der Waals surface area (Å²) in [4.78, 5) is 35.1. The Morgan fingerprint density at radius 3 is 2.49 bits per heavy atom. The van der Waals surface area contributed by atoms with Crippen LogP contribution < -0.4 is 30.2 Å². The van der Waals surface area contributed by atoms with Gasteiger partial charge in [0.1, 0.15) is 35.1 Å². The molecule has 5 rings (SSSR count). The van der Waals surface area contributed by atoms with Gasteiger partial charge in [0.25, 0.3) is 5.91 Å². The summed E-state index contributed by atoms with van der Waals surface area (Å²) in [5.74, 6) is 0.420. The van der Waals surface area contributed by atoms with Crippen molar-refractivity contribution in [3.63, 3.8) is 0 Å². The van der Waals surface area contributed by atoms with Crippen LogP contribution in [-0.4, -0.2) is 60.5 Å². The third-order valence-electron chi connectivity index (χ3n) is 7.47. The molecule has 0 bridgehead atoms. The lowest BCUT2D eigenvalue weighted by Gasteiger charge is -2.17. The van der Waals surface area contributed by atoms with Crippen LogP contribution in [0.1, 0.15) is 25.3 Å². The topological polar surface area (TPSA) is 127 Å². The van der Waals surface area contributed by atoms with E-state index in [0.717, 1.165) is 24.9 Å². The predicted octanol–water partition coefficient (Wildman–Crippen LogP) is 6.34. The van der Waals surface area contributed by atoms with E-state index in [1.165, 1.54) is 26.4 Å². The number of hydrogen-bond donors (Lipinski definition) is 3. The summed E-state index contributed by atoms with van der Waals surface area (Å²) in [6.45, 7) is 4.19. The first-order valence-electron chi connectivity index (χ1n) is 14.4. The number of methoxy groups -OCH3 is 2. The molecule has 0 radical (unpaired) electrons. The number of nitrogens with zero attached hydrogens (tertiary/aromatic N) is 3. The fourth-order valence-electron chi connectivity index (χ4n) is 5.16. The van der Waals surface area contributed by atoms with Crippen molar-refractivity contribution in [2.45, 2.75) is 32.7 Å². The van der Waals surface area contributed by atoms with Crippen LogP contribution in [0.15, 0.2) is 66.8 Å². The Morgan fingerprint density at radius 1 is 1.00 bits per heavy atom. The normalized spacial score (nSPS) is 15.1. The van der Waals surface area contributed by atoms with E-state index < -0.39 is 11.7 Å². The molecule has 3 aromatic carbocycles. The first-order valence-corrected chi connectivity index (χ1v) is 14.4. The molecule has 0 spiro atoms. The van der Waals surface area contributed by atoms with Crippen molar-refractivity contribution in [2.24, 2.45) is 0 Å². The van der Waals surface area contributed by atoms with Crippen molar-refractivity contribution in [2.75, 3.05) is 43.8 Å². The van der Waals surface area contributed by atoms with Crippen molar-refractivity contribution in [3.8, 4) is 23.0 Å². The van der Waals surface area contributed by atoms with Crippen molar-refractivity contribution in [3.05, 3.63) is 72.3 Å². The van der Waals surface area contributed by atoms with Gasteiger partial charge in [0, 0.05) is 42.2 Å². The van der Waals surface area contributed by atoms with E-state index in [9.17, 15) is 14.0 Å². The van der Waals surface area contributed by atoms with Gasteiger partial charge in [-0.25, -0.2) is 14.4 Å². The molecule has 1 fully saturated rings. The highest BCUT2D eigenvalue weighted by Crippen LogP contribution is 2.39. The molecule has 0 saturated carbocycles. The average molecular weight is 615 g/mol. The Labute approximate surface area is 260 Å². The molecule has 1 saturated heterocycles. The fraction of sp³-hybridized carbons (Fsp3) is 0.273. The number of fused-ring (bicyclic) bond motifs is 1. The van der Waals surface area contributed by atoms with Gasteiger partial charge in [0.2, 0.25) is 5.91 Å². The number of carbonyl (C=O) groups is 2. The summed E-state index contributed by atoms with van der Waals surface area (Å²) in [5, 5.41) is 9.24. The molecule has 1 aliphatic heterocycles.